The third-order valence-electron chi connectivity index (χ3n) is 3.87. The van der Waals surface area contributed by atoms with Crippen LogP contribution in [0.1, 0.15) is 22.5 Å². The Balaban J connectivity index is 1.75. The van der Waals surface area contributed by atoms with Crippen molar-refractivity contribution in [2.75, 3.05) is 13.1 Å². The number of benzene rings is 1. The third kappa shape index (κ3) is 3.55. The van der Waals surface area contributed by atoms with Gasteiger partial charge in [0.05, 0.1) is 11.5 Å². The molecule has 26 heavy (non-hydrogen) atoms. The van der Waals surface area contributed by atoms with Gasteiger partial charge in [0.1, 0.15) is 17.7 Å². The second-order valence-corrected chi connectivity index (χ2v) is 5.96. The summed E-state index contributed by atoms with van der Waals surface area (Å²) < 4.78 is 5.67. The van der Waals surface area contributed by atoms with Crippen LogP contribution >= 0.6 is 11.6 Å². The van der Waals surface area contributed by atoms with Crippen LogP contribution in [0.25, 0.3) is 0 Å². The smallest absolute Gasteiger partial charge is 0.282 e. The van der Waals surface area contributed by atoms with E-state index >= 15 is 0 Å². The number of nitrogens with zero attached hydrogens (tertiary/aromatic N) is 5. The number of amides is 1. The van der Waals surface area contributed by atoms with Crippen molar-refractivity contribution in [2.24, 2.45) is 0 Å². The van der Waals surface area contributed by atoms with Crippen molar-refractivity contribution in [1.29, 1.82) is 5.26 Å². The number of rotatable bonds is 4. The molecule has 1 aromatic heterocycles. The number of likely N-dealkylation sites (tertiary alicyclic amines) is 1. The number of ether oxygens (including phenoxy) is 1. The highest BCUT2D eigenvalue weighted by Gasteiger charge is 2.32. The number of hydrogen-bond acceptors (Lipinski definition) is 7. The van der Waals surface area contributed by atoms with Crippen molar-refractivity contribution in [1.82, 2.24) is 14.9 Å². The van der Waals surface area contributed by atoms with E-state index in [2.05, 4.69) is 9.97 Å². The van der Waals surface area contributed by atoms with Gasteiger partial charge in [-0.25, -0.2) is 9.97 Å². The summed E-state index contributed by atoms with van der Waals surface area (Å²) >= 11 is 5.88. The molecule has 2 heterocycles. The molecule has 0 spiro atoms. The number of nitro benzene ring substituents is 1. The van der Waals surface area contributed by atoms with Gasteiger partial charge in [0.15, 0.2) is 0 Å². The van der Waals surface area contributed by atoms with E-state index in [4.69, 9.17) is 21.6 Å². The molecule has 1 atom stereocenters. The van der Waals surface area contributed by atoms with E-state index in [1.165, 1.54) is 35.5 Å². The molecule has 1 amide bonds. The average Bonchev–Trinajstić information content (AvgIpc) is 3.09. The SMILES string of the molecule is N#Cc1nccnc1OC1CCN(C(=O)c2cc(Cl)ccc2[N+](=O)[O-])C1. The lowest BCUT2D eigenvalue weighted by molar-refractivity contribution is -0.385. The standard InChI is InChI=1S/C16H12ClN5O4/c17-10-1-2-14(22(24)25)12(7-10)16(23)21-6-3-11(9-21)26-15-13(8-18)19-4-5-20-15/h1-2,4-5,7,11H,3,6,9H2. The summed E-state index contributed by atoms with van der Waals surface area (Å²) in [5, 5.41) is 20.4. The number of nitriles is 1. The summed E-state index contributed by atoms with van der Waals surface area (Å²) in [6.45, 7) is 0.569. The highest BCUT2D eigenvalue weighted by atomic mass is 35.5. The van der Waals surface area contributed by atoms with Crippen LogP contribution in [0.2, 0.25) is 5.02 Å². The molecule has 132 valence electrons. The second kappa shape index (κ2) is 7.33. The molecule has 0 N–H and O–H groups in total. The Bertz CT molecular complexity index is 914. The highest BCUT2D eigenvalue weighted by Crippen LogP contribution is 2.26. The fourth-order valence-corrected chi connectivity index (χ4v) is 2.84. The second-order valence-electron chi connectivity index (χ2n) is 5.52. The molecule has 1 aliphatic rings. The van der Waals surface area contributed by atoms with Crippen molar-refractivity contribution in [3.05, 3.63) is 57.0 Å². The molecule has 1 aliphatic heterocycles. The fourth-order valence-electron chi connectivity index (χ4n) is 2.66. The lowest BCUT2D eigenvalue weighted by Crippen LogP contribution is -2.31. The van der Waals surface area contributed by atoms with Crippen LogP contribution in [-0.4, -0.2) is 44.9 Å². The maximum atomic E-state index is 12.7. The van der Waals surface area contributed by atoms with Crippen LogP contribution in [0, 0.1) is 21.4 Å². The monoisotopic (exact) mass is 373 g/mol. The van der Waals surface area contributed by atoms with E-state index in [-0.39, 0.29) is 40.5 Å². The molecule has 1 unspecified atom stereocenters. The van der Waals surface area contributed by atoms with E-state index in [0.29, 0.717) is 13.0 Å². The van der Waals surface area contributed by atoms with Gasteiger partial charge in [0, 0.05) is 36.4 Å². The first-order valence-electron chi connectivity index (χ1n) is 7.60. The lowest BCUT2D eigenvalue weighted by atomic mass is 10.1. The van der Waals surface area contributed by atoms with Crippen molar-refractivity contribution in [3.63, 3.8) is 0 Å². The number of carbonyl (C=O) groups is 1. The minimum atomic E-state index is -0.619. The van der Waals surface area contributed by atoms with Crippen LogP contribution in [0.4, 0.5) is 5.69 Å². The van der Waals surface area contributed by atoms with Gasteiger partial charge in [-0.1, -0.05) is 11.6 Å². The zero-order valence-electron chi connectivity index (χ0n) is 13.3. The molecule has 1 saturated heterocycles. The Morgan fingerprint density at radius 2 is 2.19 bits per heavy atom. The molecule has 0 saturated carbocycles. The summed E-state index contributed by atoms with van der Waals surface area (Å²) in [4.78, 5) is 32.5. The summed E-state index contributed by atoms with van der Waals surface area (Å²) in [6.07, 6.45) is 2.90. The van der Waals surface area contributed by atoms with E-state index < -0.39 is 10.8 Å². The van der Waals surface area contributed by atoms with Gasteiger partial charge >= 0.3 is 0 Å². The molecular weight excluding hydrogens is 362 g/mol. The van der Waals surface area contributed by atoms with Gasteiger partial charge in [-0.15, -0.1) is 0 Å². The highest BCUT2D eigenvalue weighted by molar-refractivity contribution is 6.31. The van der Waals surface area contributed by atoms with E-state index in [9.17, 15) is 14.9 Å². The van der Waals surface area contributed by atoms with Gasteiger partial charge < -0.3 is 9.64 Å². The van der Waals surface area contributed by atoms with Crippen LogP contribution in [-0.2, 0) is 0 Å². The summed E-state index contributed by atoms with van der Waals surface area (Å²) in [6, 6.07) is 5.74. The Hall–Kier alpha value is -3.25. The zero-order chi connectivity index (χ0) is 18.7. The van der Waals surface area contributed by atoms with Crippen LogP contribution in [0.15, 0.2) is 30.6 Å². The Morgan fingerprint density at radius 1 is 1.42 bits per heavy atom. The first kappa shape index (κ1) is 17.6. The first-order chi connectivity index (χ1) is 12.5. The van der Waals surface area contributed by atoms with Gasteiger partial charge in [-0.3, -0.25) is 14.9 Å². The Labute approximate surface area is 152 Å². The van der Waals surface area contributed by atoms with Crippen molar-refractivity contribution in [3.8, 4) is 11.9 Å². The quantitative estimate of drug-likeness (QED) is 0.594. The largest absolute Gasteiger partial charge is 0.470 e. The average molecular weight is 374 g/mol. The molecule has 3 rings (SSSR count). The number of nitro groups is 1. The maximum Gasteiger partial charge on any atom is 0.282 e. The lowest BCUT2D eigenvalue weighted by Gasteiger charge is -2.17. The molecular formula is C16H12ClN5O4. The number of aromatic nitrogens is 2. The number of hydrogen-bond donors (Lipinski definition) is 0. The van der Waals surface area contributed by atoms with E-state index in [1.807, 2.05) is 6.07 Å². The van der Waals surface area contributed by atoms with Crippen LogP contribution in [0.3, 0.4) is 0 Å². The fraction of sp³-hybridized carbons (Fsp3) is 0.250. The first-order valence-corrected chi connectivity index (χ1v) is 7.98. The number of carbonyl (C=O) groups excluding carboxylic acids is 1. The Morgan fingerprint density at radius 3 is 2.92 bits per heavy atom. The van der Waals surface area contributed by atoms with E-state index in [0.717, 1.165) is 0 Å². The van der Waals surface area contributed by atoms with Crippen molar-refractivity contribution < 1.29 is 14.5 Å². The Kier molecular flexibility index (Phi) is 4.95. The van der Waals surface area contributed by atoms with Gasteiger partial charge in [0.25, 0.3) is 17.5 Å². The molecule has 1 aromatic carbocycles. The van der Waals surface area contributed by atoms with Crippen molar-refractivity contribution >= 4 is 23.2 Å². The van der Waals surface area contributed by atoms with Gasteiger partial charge in [-0.05, 0) is 12.1 Å². The predicted octanol–water partition coefficient (Wildman–Crippen LogP) is 2.20. The zero-order valence-corrected chi connectivity index (χ0v) is 14.1. The topological polar surface area (TPSA) is 122 Å². The van der Waals surface area contributed by atoms with E-state index in [1.54, 1.807) is 0 Å². The van der Waals surface area contributed by atoms with Crippen LogP contribution < -0.4 is 4.74 Å². The molecule has 2 aromatic rings. The molecule has 0 bridgehead atoms. The maximum absolute atomic E-state index is 12.7. The summed E-state index contributed by atoms with van der Waals surface area (Å²) in [7, 11) is 0. The summed E-state index contributed by atoms with van der Waals surface area (Å²) in [5.74, 6) is -0.395. The molecule has 0 radical (unpaired) electrons. The molecule has 1 fully saturated rings. The minimum Gasteiger partial charge on any atom is -0.470 e. The molecule has 0 aliphatic carbocycles. The predicted molar refractivity (Wildman–Crippen MR) is 89.8 cm³/mol. The van der Waals surface area contributed by atoms with Crippen molar-refractivity contribution in [2.45, 2.75) is 12.5 Å². The minimum absolute atomic E-state index is 0.0581. The molecule has 9 nitrogen and oxygen atoms in total. The van der Waals surface area contributed by atoms with Gasteiger partial charge in [-0.2, -0.15) is 5.26 Å². The summed E-state index contributed by atoms with van der Waals surface area (Å²) in [5.41, 5.74) is -0.312. The normalized spacial score (nSPS) is 16.2. The van der Waals surface area contributed by atoms with Crippen LogP contribution in [0.5, 0.6) is 5.88 Å². The molecule has 10 heteroatoms. The number of halogens is 1. The van der Waals surface area contributed by atoms with Gasteiger partial charge in [0.2, 0.25) is 5.69 Å². The third-order valence-corrected chi connectivity index (χ3v) is 4.10.